The van der Waals surface area contributed by atoms with Crippen LogP contribution in [0.5, 0.6) is 0 Å². The molecule has 2 N–H and O–H groups in total. The van der Waals surface area contributed by atoms with Gasteiger partial charge in [-0.1, -0.05) is 38.1 Å². The number of hydrogen-bond donors (Lipinski definition) is 2. The normalized spacial score (nSPS) is 9.50. The number of benzene rings is 2. The van der Waals surface area contributed by atoms with E-state index in [0.29, 0.717) is 0 Å². The van der Waals surface area contributed by atoms with E-state index in [-0.39, 0.29) is 2.85 Å². The van der Waals surface area contributed by atoms with Gasteiger partial charge in [0, 0.05) is 2.85 Å². The fraction of sp³-hybridized carbons (Fsp3) is 0.125. The van der Waals surface area contributed by atoms with Gasteiger partial charge in [0.05, 0.1) is 34.7 Å². The third kappa shape index (κ3) is 3.23. The van der Waals surface area contributed by atoms with Gasteiger partial charge in [0.2, 0.25) is 0 Å². The Labute approximate surface area is 120 Å². The van der Waals surface area contributed by atoms with Crippen LogP contribution in [0.1, 0.15) is 16.7 Å². The lowest BCUT2D eigenvalue weighted by Gasteiger charge is -1.81. The summed E-state index contributed by atoms with van der Waals surface area (Å²) in [4.78, 5) is 14.1. The van der Waals surface area contributed by atoms with Crippen molar-refractivity contribution >= 4 is 22.1 Å². The van der Waals surface area contributed by atoms with Crippen molar-refractivity contribution in [1.29, 1.82) is 0 Å². The fourth-order valence-electron chi connectivity index (χ4n) is 1.76. The minimum atomic E-state index is 0. The molecule has 0 fully saturated rings. The monoisotopic (exact) mass is 270 g/mol. The van der Waals surface area contributed by atoms with E-state index in [9.17, 15) is 0 Å². The van der Waals surface area contributed by atoms with Crippen LogP contribution in [0.2, 0.25) is 0 Å². The Morgan fingerprint density at radius 3 is 1.50 bits per heavy atom. The van der Waals surface area contributed by atoms with Gasteiger partial charge in [-0.05, 0) is 24.3 Å². The van der Waals surface area contributed by atoms with Gasteiger partial charge in [0.15, 0.2) is 0 Å². The van der Waals surface area contributed by atoms with E-state index in [1.165, 1.54) is 0 Å². The molecule has 0 spiro atoms. The molecule has 2 aromatic heterocycles. The molecule has 0 saturated heterocycles. The van der Waals surface area contributed by atoms with Gasteiger partial charge in [0.1, 0.15) is 0 Å². The highest BCUT2D eigenvalue weighted by Crippen LogP contribution is 2.06. The number of nitrogens with zero attached hydrogens (tertiary/aromatic N) is 2. The number of aromatic amines is 2. The summed E-state index contributed by atoms with van der Waals surface area (Å²) in [6.45, 7) is 4.00. The van der Waals surface area contributed by atoms with Crippen LogP contribution in [0.3, 0.4) is 0 Å². The lowest BCUT2D eigenvalue weighted by Crippen LogP contribution is -1.63. The quantitative estimate of drug-likeness (QED) is 0.489. The predicted molar refractivity (Wildman–Crippen MR) is 87.8 cm³/mol. The third-order valence-corrected chi connectivity index (χ3v) is 2.66. The summed E-state index contributed by atoms with van der Waals surface area (Å²) in [5.74, 6) is 0. The first-order valence-electron chi connectivity index (χ1n) is 6.70. The molecule has 0 aliphatic rings. The number of para-hydroxylation sites is 4. The summed E-state index contributed by atoms with van der Waals surface area (Å²) in [6.07, 6.45) is 3.40. The lowest BCUT2D eigenvalue weighted by molar-refractivity contribution is 1.34. The molecule has 0 aliphatic heterocycles. The second kappa shape index (κ2) is 7.09. The maximum atomic E-state index is 4.06. The van der Waals surface area contributed by atoms with Crippen molar-refractivity contribution in [2.24, 2.45) is 0 Å². The molecular weight excluding hydrogens is 248 g/mol. The van der Waals surface area contributed by atoms with Crippen LogP contribution >= 0.6 is 0 Å². The van der Waals surface area contributed by atoms with Crippen LogP contribution < -0.4 is 0 Å². The zero-order valence-electron chi connectivity index (χ0n) is 11.7. The molecule has 0 radical (unpaired) electrons. The van der Waals surface area contributed by atoms with Crippen LogP contribution in [0.25, 0.3) is 22.1 Å². The van der Waals surface area contributed by atoms with E-state index < -0.39 is 0 Å². The number of aromatic nitrogens is 4. The van der Waals surface area contributed by atoms with E-state index >= 15 is 0 Å². The molecule has 20 heavy (non-hydrogen) atoms. The molecule has 0 aliphatic carbocycles. The van der Waals surface area contributed by atoms with Gasteiger partial charge in [-0.3, -0.25) is 0 Å². The van der Waals surface area contributed by atoms with Crippen molar-refractivity contribution in [3.8, 4) is 0 Å². The van der Waals surface area contributed by atoms with Crippen molar-refractivity contribution in [1.82, 2.24) is 19.9 Å². The first kappa shape index (κ1) is 13.8. The maximum absolute atomic E-state index is 4.06. The number of imidazole rings is 2. The lowest BCUT2D eigenvalue weighted by atomic mass is 10.3. The van der Waals surface area contributed by atoms with Crippen molar-refractivity contribution in [3.05, 3.63) is 61.2 Å². The molecule has 2 heterocycles. The number of fused-ring (bicyclic) bond motifs is 2. The molecule has 2 aromatic carbocycles. The van der Waals surface area contributed by atoms with Crippen molar-refractivity contribution < 1.29 is 2.85 Å². The topological polar surface area (TPSA) is 57.4 Å². The largest absolute Gasteiger partial charge is 0.345 e. The highest BCUT2D eigenvalue weighted by atomic mass is 14.9. The SMILES string of the molecule is CC.[HH].[HH].c1ccc2[nH]cnc2c1.c1ccc2[nH]cnc2c1. The van der Waals surface area contributed by atoms with Gasteiger partial charge < -0.3 is 9.97 Å². The standard InChI is InChI=1S/2C7H6N2.C2H6.2H2/c2*1-2-4-7-6(3-1)8-5-9-7;1-2;;/h2*1-5H,(H,8,9);1-2H3;2*1H. The van der Waals surface area contributed by atoms with Crippen molar-refractivity contribution in [3.63, 3.8) is 0 Å². The summed E-state index contributed by atoms with van der Waals surface area (Å²) in [6, 6.07) is 15.9. The first-order chi connectivity index (χ1) is 9.93. The van der Waals surface area contributed by atoms with Crippen LogP contribution in [-0.2, 0) is 0 Å². The Morgan fingerprint density at radius 1 is 0.700 bits per heavy atom. The third-order valence-electron chi connectivity index (χ3n) is 2.66. The van der Waals surface area contributed by atoms with Gasteiger partial charge >= 0.3 is 0 Å². The van der Waals surface area contributed by atoms with Crippen molar-refractivity contribution in [2.75, 3.05) is 0 Å². The Balaban J connectivity index is 0.000000334. The minimum absolute atomic E-state index is 0. The Hall–Kier alpha value is -2.62. The van der Waals surface area contributed by atoms with E-state index in [1.807, 2.05) is 62.4 Å². The number of nitrogens with one attached hydrogen (secondary N) is 2. The minimum Gasteiger partial charge on any atom is -0.345 e. The molecule has 4 rings (SSSR count). The highest BCUT2D eigenvalue weighted by molar-refractivity contribution is 5.74. The smallest absolute Gasteiger partial charge is 0.0931 e. The number of H-pyrrole nitrogens is 2. The Kier molecular flexibility index (Phi) is 4.89. The molecule has 4 heteroatoms. The zero-order valence-corrected chi connectivity index (χ0v) is 11.7. The van der Waals surface area contributed by atoms with Gasteiger partial charge in [-0.15, -0.1) is 0 Å². The average Bonchev–Trinajstić information content (AvgIpc) is 3.18. The molecule has 0 bridgehead atoms. The highest BCUT2D eigenvalue weighted by Gasteiger charge is 1.89. The average molecular weight is 270 g/mol. The molecule has 0 amide bonds. The zero-order chi connectivity index (χ0) is 14.2. The molecule has 0 atom stereocenters. The van der Waals surface area contributed by atoms with Crippen LogP contribution in [0.4, 0.5) is 0 Å². The van der Waals surface area contributed by atoms with Crippen LogP contribution in [0.15, 0.2) is 61.2 Å². The van der Waals surface area contributed by atoms with E-state index in [1.54, 1.807) is 12.7 Å². The number of hydrogen-bond acceptors (Lipinski definition) is 2. The van der Waals surface area contributed by atoms with E-state index in [0.717, 1.165) is 22.1 Å². The van der Waals surface area contributed by atoms with Gasteiger partial charge in [0.25, 0.3) is 0 Å². The molecule has 4 nitrogen and oxygen atoms in total. The van der Waals surface area contributed by atoms with E-state index in [2.05, 4.69) is 19.9 Å². The molecule has 0 saturated carbocycles. The number of rotatable bonds is 0. The summed E-state index contributed by atoms with van der Waals surface area (Å²) in [7, 11) is 0. The van der Waals surface area contributed by atoms with Crippen molar-refractivity contribution in [2.45, 2.75) is 13.8 Å². The first-order valence-corrected chi connectivity index (χ1v) is 6.70. The molecular formula is C16H22N4. The van der Waals surface area contributed by atoms with Gasteiger partial charge in [-0.2, -0.15) is 0 Å². The summed E-state index contributed by atoms with van der Waals surface area (Å²) in [5, 5.41) is 0. The second-order valence-electron chi connectivity index (χ2n) is 3.84. The predicted octanol–water partition coefficient (Wildman–Crippen LogP) is 4.64. The maximum Gasteiger partial charge on any atom is 0.0931 e. The molecule has 0 unspecified atom stereocenters. The fourth-order valence-corrected chi connectivity index (χ4v) is 1.76. The molecule has 106 valence electrons. The Morgan fingerprint density at radius 2 is 1.10 bits per heavy atom. The van der Waals surface area contributed by atoms with Gasteiger partial charge in [-0.25, -0.2) is 9.97 Å². The summed E-state index contributed by atoms with van der Waals surface area (Å²) < 4.78 is 0. The second-order valence-corrected chi connectivity index (χ2v) is 3.84. The summed E-state index contributed by atoms with van der Waals surface area (Å²) >= 11 is 0. The van der Waals surface area contributed by atoms with E-state index in [4.69, 9.17) is 0 Å². The Bertz CT molecular complexity index is 638. The van der Waals surface area contributed by atoms with Crippen LogP contribution in [0, 0.1) is 0 Å². The van der Waals surface area contributed by atoms with Crippen LogP contribution in [-0.4, -0.2) is 19.9 Å². The summed E-state index contributed by atoms with van der Waals surface area (Å²) in [5.41, 5.74) is 4.24. The molecule has 4 aromatic rings.